The maximum absolute atomic E-state index is 11.6. The van der Waals surface area contributed by atoms with Gasteiger partial charge < -0.3 is 0 Å². The summed E-state index contributed by atoms with van der Waals surface area (Å²) in [5, 5.41) is 0. The zero-order valence-electron chi connectivity index (χ0n) is 3.74. The topological polar surface area (TPSA) is 38.0 Å². The number of nitrogens with two attached hydrogens (primary N) is 1. The highest BCUT2D eigenvalue weighted by molar-refractivity contribution is 4.44. The van der Waals surface area contributed by atoms with E-state index in [0.29, 0.717) is 0 Å². The van der Waals surface area contributed by atoms with Gasteiger partial charge in [0.05, 0.1) is 0 Å². The molecule has 0 aromatic rings. The molecule has 1 atom stereocenters. The van der Waals surface area contributed by atoms with E-state index in [1.54, 1.807) is 0 Å². The second kappa shape index (κ2) is 3.06. The van der Waals surface area contributed by atoms with Crippen molar-refractivity contribution in [2.24, 2.45) is 5.84 Å². The van der Waals surface area contributed by atoms with Crippen LogP contribution in [-0.2, 0) is 0 Å². The van der Waals surface area contributed by atoms with Crippen molar-refractivity contribution in [3.63, 3.8) is 0 Å². The number of nitrogens with one attached hydrogen (secondary N) is 1. The second-order valence-corrected chi connectivity index (χ2v) is 1.19. The first-order valence-corrected chi connectivity index (χ1v) is 1.85. The summed E-state index contributed by atoms with van der Waals surface area (Å²) in [6.07, 6.45) is -0.838. The van der Waals surface area contributed by atoms with Gasteiger partial charge in [0.15, 0.2) is 0 Å². The molecule has 0 aliphatic rings. The van der Waals surface area contributed by atoms with E-state index in [-0.39, 0.29) is 6.54 Å². The Bertz CT molecular complexity index is 30.0. The van der Waals surface area contributed by atoms with Gasteiger partial charge in [-0.1, -0.05) is 0 Å². The van der Waals surface area contributed by atoms with Crippen molar-refractivity contribution in [3.05, 3.63) is 0 Å². The molecule has 0 radical (unpaired) electrons. The third-order valence-corrected chi connectivity index (χ3v) is 0.399. The Hall–Kier alpha value is -0.150. The van der Waals surface area contributed by atoms with E-state index >= 15 is 0 Å². The van der Waals surface area contributed by atoms with Gasteiger partial charge in [-0.3, -0.25) is 11.3 Å². The third kappa shape index (κ3) is 3.85. The fourth-order valence-electron chi connectivity index (χ4n) is 0.162. The monoisotopic (exact) mass is 92.1 g/mol. The van der Waals surface area contributed by atoms with E-state index in [1.807, 2.05) is 0 Å². The Morgan fingerprint density at radius 2 is 2.50 bits per heavy atom. The van der Waals surface area contributed by atoms with Crippen molar-refractivity contribution < 1.29 is 4.39 Å². The first-order chi connectivity index (χ1) is 2.77. The molecule has 0 aromatic carbocycles. The van der Waals surface area contributed by atoms with Crippen LogP contribution in [0.4, 0.5) is 4.39 Å². The molecule has 0 rings (SSSR count). The largest absolute Gasteiger partial charge is 0.271 e. The number of rotatable bonds is 2. The zero-order chi connectivity index (χ0) is 4.99. The van der Waals surface area contributed by atoms with Crippen LogP contribution < -0.4 is 11.3 Å². The first kappa shape index (κ1) is 5.85. The molecular formula is C3H9FN2. The quantitative estimate of drug-likeness (QED) is 0.366. The van der Waals surface area contributed by atoms with Gasteiger partial charge in [0.1, 0.15) is 6.17 Å². The van der Waals surface area contributed by atoms with Crippen LogP contribution in [0.5, 0.6) is 0 Å². The van der Waals surface area contributed by atoms with Crippen LogP contribution in [-0.4, -0.2) is 12.7 Å². The maximum Gasteiger partial charge on any atom is 0.111 e. The summed E-state index contributed by atoms with van der Waals surface area (Å²) >= 11 is 0. The summed E-state index contributed by atoms with van der Waals surface area (Å²) in [6.45, 7) is 1.68. The Labute approximate surface area is 36.5 Å². The Kier molecular flexibility index (Phi) is 2.98. The molecule has 0 spiro atoms. The lowest BCUT2D eigenvalue weighted by atomic mass is 10.5. The number of hydrogen-bond donors (Lipinski definition) is 2. The molecule has 0 fully saturated rings. The SMILES string of the molecule is CC(F)CNN. The highest BCUT2D eigenvalue weighted by Gasteiger charge is 1.89. The molecule has 6 heavy (non-hydrogen) atoms. The van der Waals surface area contributed by atoms with Gasteiger partial charge in [0.2, 0.25) is 0 Å². The standard InChI is InChI=1S/C3H9FN2/c1-3(4)2-6-5/h3,6H,2,5H2,1H3. The third-order valence-electron chi connectivity index (χ3n) is 0.399. The summed E-state index contributed by atoms with van der Waals surface area (Å²) in [4.78, 5) is 0. The zero-order valence-corrected chi connectivity index (χ0v) is 3.74. The molecular weight excluding hydrogens is 83.0 g/mol. The van der Waals surface area contributed by atoms with Crippen molar-refractivity contribution in [2.75, 3.05) is 6.54 Å². The highest BCUT2D eigenvalue weighted by Crippen LogP contribution is 1.79. The highest BCUT2D eigenvalue weighted by atomic mass is 19.1. The van der Waals surface area contributed by atoms with Crippen LogP contribution in [0.1, 0.15) is 6.92 Å². The average molecular weight is 92.1 g/mol. The van der Waals surface area contributed by atoms with Crippen LogP contribution in [0, 0.1) is 0 Å². The van der Waals surface area contributed by atoms with Crippen molar-refractivity contribution >= 4 is 0 Å². The number of halogens is 1. The normalized spacial score (nSPS) is 14.5. The van der Waals surface area contributed by atoms with Crippen LogP contribution in [0.2, 0.25) is 0 Å². The minimum Gasteiger partial charge on any atom is -0.271 e. The number of hydrazine groups is 1. The lowest BCUT2D eigenvalue weighted by Crippen LogP contribution is -2.28. The van der Waals surface area contributed by atoms with Crippen LogP contribution >= 0.6 is 0 Å². The van der Waals surface area contributed by atoms with E-state index in [9.17, 15) is 4.39 Å². The van der Waals surface area contributed by atoms with E-state index in [2.05, 4.69) is 5.43 Å². The maximum atomic E-state index is 11.6. The van der Waals surface area contributed by atoms with Gasteiger partial charge in [0, 0.05) is 6.54 Å². The summed E-state index contributed by atoms with van der Waals surface area (Å²) < 4.78 is 11.6. The van der Waals surface area contributed by atoms with E-state index < -0.39 is 6.17 Å². The van der Waals surface area contributed by atoms with Gasteiger partial charge in [-0.2, -0.15) is 0 Å². The van der Waals surface area contributed by atoms with E-state index in [4.69, 9.17) is 5.84 Å². The van der Waals surface area contributed by atoms with Gasteiger partial charge in [0.25, 0.3) is 0 Å². The molecule has 0 saturated heterocycles. The summed E-state index contributed by atoms with van der Waals surface area (Å²) in [5.74, 6) is 4.74. The molecule has 0 bridgehead atoms. The van der Waals surface area contributed by atoms with E-state index in [0.717, 1.165) is 0 Å². The molecule has 1 unspecified atom stereocenters. The minimum atomic E-state index is -0.838. The molecule has 3 N–H and O–H groups in total. The second-order valence-electron chi connectivity index (χ2n) is 1.19. The summed E-state index contributed by atoms with van der Waals surface area (Å²) in [6, 6.07) is 0. The smallest absolute Gasteiger partial charge is 0.111 e. The summed E-state index contributed by atoms with van der Waals surface area (Å²) in [5.41, 5.74) is 2.19. The number of alkyl halides is 1. The molecule has 0 aliphatic carbocycles. The predicted octanol–water partition coefficient (Wildman–Crippen LogP) is -0.192. The lowest BCUT2D eigenvalue weighted by Gasteiger charge is -1.94. The van der Waals surface area contributed by atoms with Crippen LogP contribution in [0.15, 0.2) is 0 Å². The average Bonchev–Trinajstić information content (AvgIpc) is 1.35. The first-order valence-electron chi connectivity index (χ1n) is 1.85. The molecule has 0 saturated carbocycles. The molecule has 0 amide bonds. The lowest BCUT2D eigenvalue weighted by molar-refractivity contribution is 0.347. The van der Waals surface area contributed by atoms with Crippen molar-refractivity contribution in [1.29, 1.82) is 0 Å². The van der Waals surface area contributed by atoms with Gasteiger partial charge in [-0.25, -0.2) is 4.39 Å². The minimum absolute atomic E-state index is 0.236. The van der Waals surface area contributed by atoms with Crippen LogP contribution in [0.3, 0.4) is 0 Å². The van der Waals surface area contributed by atoms with Gasteiger partial charge in [-0.05, 0) is 6.92 Å². The Balaban J connectivity index is 2.63. The molecule has 0 aromatic heterocycles. The summed E-state index contributed by atoms with van der Waals surface area (Å²) in [7, 11) is 0. The van der Waals surface area contributed by atoms with Gasteiger partial charge in [-0.15, -0.1) is 0 Å². The molecule has 2 nitrogen and oxygen atoms in total. The van der Waals surface area contributed by atoms with Gasteiger partial charge >= 0.3 is 0 Å². The molecule has 0 heterocycles. The fourth-order valence-corrected chi connectivity index (χ4v) is 0.162. The number of hydrogen-bond acceptors (Lipinski definition) is 2. The fraction of sp³-hybridized carbons (Fsp3) is 1.00. The van der Waals surface area contributed by atoms with Crippen molar-refractivity contribution in [3.8, 4) is 0 Å². The molecule has 0 aliphatic heterocycles. The van der Waals surface area contributed by atoms with Crippen molar-refractivity contribution in [2.45, 2.75) is 13.1 Å². The van der Waals surface area contributed by atoms with Crippen LogP contribution in [0.25, 0.3) is 0 Å². The predicted molar refractivity (Wildman–Crippen MR) is 22.8 cm³/mol. The van der Waals surface area contributed by atoms with E-state index in [1.165, 1.54) is 6.92 Å². The Morgan fingerprint density at radius 3 is 2.50 bits per heavy atom. The molecule has 38 valence electrons. The molecule has 3 heteroatoms. The van der Waals surface area contributed by atoms with Crippen molar-refractivity contribution in [1.82, 2.24) is 5.43 Å². The Morgan fingerprint density at radius 1 is 2.00 bits per heavy atom.